The molecule has 5 nitrogen and oxygen atoms in total. The van der Waals surface area contributed by atoms with E-state index in [4.69, 9.17) is 0 Å². The molecule has 2 aromatic rings. The van der Waals surface area contributed by atoms with E-state index in [1.807, 2.05) is 30.0 Å². The number of amides is 1. The van der Waals surface area contributed by atoms with Crippen LogP contribution in [0.5, 0.6) is 0 Å². The van der Waals surface area contributed by atoms with Crippen LogP contribution in [0.2, 0.25) is 0 Å². The van der Waals surface area contributed by atoms with Gasteiger partial charge in [-0.05, 0) is 31.4 Å². The Kier molecular flexibility index (Phi) is 3.92. The van der Waals surface area contributed by atoms with Gasteiger partial charge in [-0.3, -0.25) is 14.2 Å². The summed E-state index contributed by atoms with van der Waals surface area (Å²) in [7, 11) is 0. The van der Waals surface area contributed by atoms with Crippen molar-refractivity contribution in [2.24, 2.45) is 0 Å². The predicted octanol–water partition coefficient (Wildman–Crippen LogP) is 2.57. The van der Waals surface area contributed by atoms with Gasteiger partial charge >= 0.3 is 0 Å². The molecule has 1 amide bonds. The van der Waals surface area contributed by atoms with Crippen molar-refractivity contribution >= 4 is 23.4 Å². The van der Waals surface area contributed by atoms with E-state index in [0.717, 1.165) is 41.7 Å². The van der Waals surface area contributed by atoms with E-state index in [-0.39, 0.29) is 17.5 Å². The average molecular weight is 341 g/mol. The van der Waals surface area contributed by atoms with Crippen LogP contribution in [0.4, 0.5) is 5.69 Å². The Morgan fingerprint density at radius 3 is 3.08 bits per heavy atom. The predicted molar refractivity (Wildman–Crippen MR) is 94.7 cm³/mol. The largest absolute Gasteiger partial charge is 0.312 e. The molecule has 0 saturated heterocycles. The van der Waals surface area contributed by atoms with Crippen molar-refractivity contribution in [2.75, 3.05) is 17.2 Å². The Bertz CT molecular complexity index is 862. The van der Waals surface area contributed by atoms with E-state index in [0.29, 0.717) is 6.42 Å². The quantitative estimate of drug-likeness (QED) is 0.788. The maximum atomic E-state index is 12.9. The molecule has 2 aliphatic rings. The fourth-order valence-corrected chi connectivity index (χ4v) is 4.71. The van der Waals surface area contributed by atoms with Crippen molar-refractivity contribution in [3.8, 4) is 0 Å². The van der Waals surface area contributed by atoms with E-state index in [9.17, 15) is 9.59 Å². The monoisotopic (exact) mass is 341 g/mol. The van der Waals surface area contributed by atoms with Gasteiger partial charge in [0.25, 0.3) is 5.56 Å². The summed E-state index contributed by atoms with van der Waals surface area (Å²) in [6.07, 6.45) is 2.35. The van der Waals surface area contributed by atoms with Gasteiger partial charge in [0.2, 0.25) is 5.91 Å². The number of para-hydroxylation sites is 1. The number of benzene rings is 1. The summed E-state index contributed by atoms with van der Waals surface area (Å²) in [5.74, 6) is 0.820. The molecule has 24 heavy (non-hydrogen) atoms. The molecule has 6 heteroatoms. The van der Waals surface area contributed by atoms with Gasteiger partial charge < -0.3 is 4.90 Å². The lowest BCUT2D eigenvalue weighted by atomic mass is 10.0. The SMILES string of the molecule is Cc1cc(=O)n2c(n1)SCC2CC(=O)N1CCCc2ccccc21. The van der Waals surface area contributed by atoms with Gasteiger partial charge in [0.1, 0.15) is 0 Å². The second-order valence-electron chi connectivity index (χ2n) is 6.33. The fourth-order valence-electron chi connectivity index (χ4n) is 3.52. The summed E-state index contributed by atoms with van der Waals surface area (Å²) in [6.45, 7) is 2.58. The van der Waals surface area contributed by atoms with Gasteiger partial charge in [-0.1, -0.05) is 30.0 Å². The van der Waals surface area contributed by atoms with E-state index >= 15 is 0 Å². The highest BCUT2D eigenvalue weighted by molar-refractivity contribution is 7.99. The van der Waals surface area contributed by atoms with Crippen LogP contribution in [0.3, 0.4) is 0 Å². The molecular formula is C18H19N3O2S. The molecule has 0 saturated carbocycles. The van der Waals surface area contributed by atoms with E-state index in [1.165, 1.54) is 5.56 Å². The molecule has 1 unspecified atom stereocenters. The number of carbonyl (C=O) groups is 1. The highest BCUT2D eigenvalue weighted by Crippen LogP contribution is 2.34. The van der Waals surface area contributed by atoms with Crippen molar-refractivity contribution < 1.29 is 4.79 Å². The Labute approximate surface area is 144 Å². The number of carbonyl (C=O) groups excluding carboxylic acids is 1. The van der Waals surface area contributed by atoms with Crippen molar-refractivity contribution in [3.05, 3.63) is 51.9 Å². The van der Waals surface area contributed by atoms with Gasteiger partial charge in [0, 0.05) is 36.2 Å². The smallest absolute Gasteiger partial charge is 0.254 e. The number of anilines is 1. The lowest BCUT2D eigenvalue weighted by molar-refractivity contribution is -0.119. The van der Waals surface area contributed by atoms with Crippen molar-refractivity contribution in [1.82, 2.24) is 9.55 Å². The molecule has 0 spiro atoms. The molecule has 0 bridgehead atoms. The second kappa shape index (κ2) is 6.09. The molecule has 1 aromatic heterocycles. The summed E-state index contributed by atoms with van der Waals surface area (Å²) in [5, 5.41) is 0.733. The number of hydrogen-bond acceptors (Lipinski definition) is 4. The summed E-state index contributed by atoms with van der Waals surface area (Å²) < 4.78 is 1.69. The lowest BCUT2D eigenvalue weighted by Crippen LogP contribution is -2.37. The third-order valence-corrected chi connectivity index (χ3v) is 5.74. The molecule has 3 heterocycles. The van der Waals surface area contributed by atoms with E-state index in [1.54, 1.807) is 22.4 Å². The Hall–Kier alpha value is -2.08. The zero-order chi connectivity index (χ0) is 16.7. The van der Waals surface area contributed by atoms with Crippen LogP contribution in [0.15, 0.2) is 40.3 Å². The third kappa shape index (κ3) is 2.65. The van der Waals surface area contributed by atoms with Gasteiger partial charge in [-0.15, -0.1) is 0 Å². The summed E-state index contributed by atoms with van der Waals surface area (Å²) in [6, 6.07) is 9.54. The zero-order valence-electron chi connectivity index (χ0n) is 13.6. The molecule has 1 aromatic carbocycles. The van der Waals surface area contributed by atoms with Gasteiger partial charge in [0.15, 0.2) is 5.16 Å². The number of thioether (sulfide) groups is 1. The normalized spacial score (nSPS) is 19.0. The van der Waals surface area contributed by atoms with Gasteiger partial charge in [-0.25, -0.2) is 4.98 Å². The fraction of sp³-hybridized carbons (Fsp3) is 0.389. The summed E-state index contributed by atoms with van der Waals surface area (Å²) in [5.41, 5.74) is 2.93. The minimum atomic E-state index is -0.104. The van der Waals surface area contributed by atoms with Crippen LogP contribution in [0, 0.1) is 6.92 Å². The average Bonchev–Trinajstić information content (AvgIpc) is 2.97. The zero-order valence-corrected chi connectivity index (χ0v) is 14.4. The summed E-state index contributed by atoms with van der Waals surface area (Å²) in [4.78, 5) is 31.5. The molecule has 1 atom stereocenters. The highest BCUT2D eigenvalue weighted by Gasteiger charge is 2.30. The van der Waals surface area contributed by atoms with Crippen LogP contribution in [0.25, 0.3) is 0 Å². The number of aryl methyl sites for hydroxylation is 2. The number of hydrogen-bond donors (Lipinski definition) is 0. The van der Waals surface area contributed by atoms with Crippen molar-refractivity contribution in [3.63, 3.8) is 0 Å². The Balaban J connectivity index is 1.59. The number of nitrogens with zero attached hydrogens (tertiary/aromatic N) is 3. The molecule has 0 fully saturated rings. The lowest BCUT2D eigenvalue weighted by Gasteiger charge is -2.30. The summed E-state index contributed by atoms with van der Waals surface area (Å²) >= 11 is 1.56. The first-order valence-electron chi connectivity index (χ1n) is 8.25. The highest BCUT2D eigenvalue weighted by atomic mass is 32.2. The first-order valence-corrected chi connectivity index (χ1v) is 9.23. The van der Waals surface area contributed by atoms with Crippen LogP contribution >= 0.6 is 11.8 Å². The van der Waals surface area contributed by atoms with E-state index in [2.05, 4.69) is 11.1 Å². The van der Waals surface area contributed by atoms with Crippen LogP contribution in [-0.4, -0.2) is 27.8 Å². The number of fused-ring (bicyclic) bond motifs is 2. The topological polar surface area (TPSA) is 55.2 Å². The molecular weight excluding hydrogens is 322 g/mol. The molecule has 2 aliphatic heterocycles. The first-order chi connectivity index (χ1) is 11.6. The molecule has 0 radical (unpaired) electrons. The third-order valence-electron chi connectivity index (χ3n) is 4.64. The van der Waals surface area contributed by atoms with Crippen LogP contribution < -0.4 is 10.5 Å². The minimum absolute atomic E-state index is 0.0562. The maximum Gasteiger partial charge on any atom is 0.254 e. The number of aromatic nitrogens is 2. The second-order valence-corrected chi connectivity index (χ2v) is 7.32. The van der Waals surface area contributed by atoms with Gasteiger partial charge in [-0.2, -0.15) is 0 Å². The van der Waals surface area contributed by atoms with E-state index < -0.39 is 0 Å². The van der Waals surface area contributed by atoms with Gasteiger partial charge in [0.05, 0.1) is 6.04 Å². The number of rotatable bonds is 2. The Morgan fingerprint density at radius 1 is 1.38 bits per heavy atom. The maximum absolute atomic E-state index is 12.9. The minimum Gasteiger partial charge on any atom is -0.312 e. The van der Waals surface area contributed by atoms with Crippen molar-refractivity contribution in [1.29, 1.82) is 0 Å². The van der Waals surface area contributed by atoms with Crippen LogP contribution in [-0.2, 0) is 11.2 Å². The van der Waals surface area contributed by atoms with Crippen LogP contribution in [0.1, 0.15) is 30.1 Å². The molecule has 124 valence electrons. The van der Waals surface area contributed by atoms with Crippen molar-refractivity contribution in [2.45, 2.75) is 37.4 Å². The molecule has 0 aliphatic carbocycles. The molecule has 4 rings (SSSR count). The standard InChI is InChI=1S/C18H19N3O2S/c1-12-9-17(23)21-14(11-24-18(21)19-12)10-16(22)20-8-4-6-13-5-2-3-7-15(13)20/h2-3,5,7,9,14H,4,6,8,10-11H2,1H3. The Morgan fingerprint density at radius 2 is 2.21 bits per heavy atom. The molecule has 0 N–H and O–H groups in total. The first kappa shape index (κ1) is 15.4.